The number of anilines is 1. The predicted molar refractivity (Wildman–Crippen MR) is 76.1 cm³/mol. The van der Waals surface area contributed by atoms with E-state index in [4.69, 9.17) is 5.73 Å². The second kappa shape index (κ2) is 5.53. The van der Waals surface area contributed by atoms with E-state index in [1.54, 1.807) is 31.2 Å². The van der Waals surface area contributed by atoms with E-state index in [2.05, 4.69) is 5.32 Å². The molecule has 2 unspecified atom stereocenters. The molecule has 0 radical (unpaired) electrons. The molecule has 4 N–H and O–H groups in total. The van der Waals surface area contributed by atoms with E-state index in [1.807, 2.05) is 0 Å². The Morgan fingerprint density at radius 2 is 2.05 bits per heavy atom. The fourth-order valence-corrected chi connectivity index (χ4v) is 2.72. The SMILES string of the molecule is CC1(C(=O)O)CCCC1NC(=O)Cc1ccc(N)cc1. The van der Waals surface area contributed by atoms with Gasteiger partial charge in [-0.15, -0.1) is 0 Å². The van der Waals surface area contributed by atoms with E-state index in [0.29, 0.717) is 12.1 Å². The average Bonchev–Trinajstić information content (AvgIpc) is 2.75. The number of amides is 1. The van der Waals surface area contributed by atoms with E-state index < -0.39 is 11.4 Å². The third-order valence-corrected chi connectivity index (χ3v) is 4.13. The Bertz CT molecular complexity index is 512. The van der Waals surface area contributed by atoms with Crippen LogP contribution in [0.2, 0.25) is 0 Å². The van der Waals surface area contributed by atoms with Gasteiger partial charge in [-0.1, -0.05) is 18.6 Å². The lowest BCUT2D eigenvalue weighted by Gasteiger charge is -2.27. The fourth-order valence-electron chi connectivity index (χ4n) is 2.72. The van der Waals surface area contributed by atoms with Crippen molar-refractivity contribution in [3.8, 4) is 0 Å². The Labute approximate surface area is 118 Å². The minimum absolute atomic E-state index is 0.144. The lowest BCUT2D eigenvalue weighted by atomic mass is 9.85. The van der Waals surface area contributed by atoms with Gasteiger partial charge in [0.25, 0.3) is 0 Å². The molecular weight excluding hydrogens is 256 g/mol. The van der Waals surface area contributed by atoms with Crippen molar-refractivity contribution >= 4 is 17.6 Å². The van der Waals surface area contributed by atoms with Crippen LogP contribution < -0.4 is 11.1 Å². The van der Waals surface area contributed by atoms with Crippen LogP contribution in [-0.4, -0.2) is 23.0 Å². The molecule has 1 aromatic carbocycles. The molecule has 1 aliphatic carbocycles. The number of hydrogen-bond donors (Lipinski definition) is 3. The summed E-state index contributed by atoms with van der Waals surface area (Å²) < 4.78 is 0. The molecule has 2 atom stereocenters. The molecular formula is C15H20N2O3. The third-order valence-electron chi connectivity index (χ3n) is 4.13. The number of carboxylic acid groups (broad SMARTS) is 1. The molecule has 108 valence electrons. The standard InChI is InChI=1S/C15H20N2O3/c1-15(14(19)20)8-2-3-12(15)17-13(18)9-10-4-6-11(16)7-5-10/h4-7,12H,2-3,8-9,16H2,1H3,(H,17,18)(H,19,20). The van der Waals surface area contributed by atoms with Crippen LogP contribution in [0.15, 0.2) is 24.3 Å². The van der Waals surface area contributed by atoms with Crippen molar-refractivity contribution in [3.63, 3.8) is 0 Å². The Balaban J connectivity index is 1.98. The monoisotopic (exact) mass is 276 g/mol. The fraction of sp³-hybridized carbons (Fsp3) is 0.467. The lowest BCUT2D eigenvalue weighted by Crippen LogP contribution is -2.47. The molecule has 0 aromatic heterocycles. The summed E-state index contributed by atoms with van der Waals surface area (Å²) in [5.74, 6) is -0.984. The summed E-state index contributed by atoms with van der Waals surface area (Å²) in [6, 6.07) is 6.82. The van der Waals surface area contributed by atoms with Crippen molar-refractivity contribution in [1.29, 1.82) is 0 Å². The molecule has 1 aliphatic rings. The van der Waals surface area contributed by atoms with Crippen LogP contribution in [0.5, 0.6) is 0 Å². The van der Waals surface area contributed by atoms with E-state index >= 15 is 0 Å². The van der Waals surface area contributed by atoms with Crippen LogP contribution in [0.25, 0.3) is 0 Å². The van der Waals surface area contributed by atoms with Crippen molar-refractivity contribution in [2.24, 2.45) is 5.41 Å². The number of carbonyl (C=O) groups excluding carboxylic acids is 1. The van der Waals surface area contributed by atoms with Crippen LogP contribution in [0, 0.1) is 5.41 Å². The van der Waals surface area contributed by atoms with Crippen LogP contribution >= 0.6 is 0 Å². The molecule has 1 aromatic rings. The van der Waals surface area contributed by atoms with Gasteiger partial charge in [-0.25, -0.2) is 0 Å². The highest BCUT2D eigenvalue weighted by molar-refractivity contribution is 5.81. The Kier molecular flexibility index (Phi) is 3.97. The summed E-state index contributed by atoms with van der Waals surface area (Å²) in [5.41, 5.74) is 6.27. The van der Waals surface area contributed by atoms with Crippen LogP contribution in [0.3, 0.4) is 0 Å². The first-order chi connectivity index (χ1) is 9.41. The molecule has 0 saturated heterocycles. The highest BCUT2D eigenvalue weighted by Crippen LogP contribution is 2.38. The summed E-state index contributed by atoms with van der Waals surface area (Å²) in [4.78, 5) is 23.4. The van der Waals surface area contributed by atoms with Crippen molar-refractivity contribution in [2.45, 2.75) is 38.6 Å². The maximum atomic E-state index is 12.0. The highest BCUT2D eigenvalue weighted by atomic mass is 16.4. The number of rotatable bonds is 4. The molecule has 0 bridgehead atoms. The summed E-state index contributed by atoms with van der Waals surface area (Å²) in [6.07, 6.45) is 2.40. The number of aliphatic carboxylic acids is 1. The number of nitrogens with two attached hydrogens (primary N) is 1. The molecule has 0 aliphatic heterocycles. The van der Waals surface area contributed by atoms with Gasteiger partial charge in [0.1, 0.15) is 0 Å². The Morgan fingerprint density at radius 3 is 2.65 bits per heavy atom. The Hall–Kier alpha value is -2.04. The van der Waals surface area contributed by atoms with Crippen LogP contribution in [0.4, 0.5) is 5.69 Å². The molecule has 0 spiro atoms. The van der Waals surface area contributed by atoms with Crippen LogP contribution in [0.1, 0.15) is 31.7 Å². The topological polar surface area (TPSA) is 92.4 Å². The molecule has 0 heterocycles. The number of benzene rings is 1. The van der Waals surface area contributed by atoms with Gasteiger partial charge < -0.3 is 16.2 Å². The zero-order chi connectivity index (χ0) is 14.8. The van der Waals surface area contributed by atoms with Gasteiger partial charge in [0.05, 0.1) is 11.8 Å². The van der Waals surface area contributed by atoms with E-state index in [-0.39, 0.29) is 18.4 Å². The van der Waals surface area contributed by atoms with Crippen molar-refractivity contribution in [2.75, 3.05) is 5.73 Å². The summed E-state index contributed by atoms with van der Waals surface area (Å²) in [5, 5.41) is 12.2. The van der Waals surface area contributed by atoms with Crippen molar-refractivity contribution in [1.82, 2.24) is 5.32 Å². The summed E-state index contributed by atoms with van der Waals surface area (Å²) >= 11 is 0. The second-order valence-electron chi connectivity index (χ2n) is 5.65. The van der Waals surface area contributed by atoms with E-state index in [1.165, 1.54) is 0 Å². The quantitative estimate of drug-likeness (QED) is 0.728. The minimum atomic E-state index is -0.850. The minimum Gasteiger partial charge on any atom is -0.481 e. The van der Waals surface area contributed by atoms with E-state index in [9.17, 15) is 14.7 Å². The zero-order valence-corrected chi connectivity index (χ0v) is 11.6. The van der Waals surface area contributed by atoms with Gasteiger partial charge in [0.15, 0.2) is 0 Å². The normalized spacial score (nSPS) is 25.4. The first-order valence-corrected chi connectivity index (χ1v) is 6.79. The summed E-state index contributed by atoms with van der Waals surface area (Å²) in [6.45, 7) is 1.70. The molecule has 1 saturated carbocycles. The lowest BCUT2D eigenvalue weighted by molar-refractivity contribution is -0.149. The van der Waals surface area contributed by atoms with Crippen molar-refractivity contribution < 1.29 is 14.7 Å². The number of hydrogen-bond acceptors (Lipinski definition) is 3. The van der Waals surface area contributed by atoms with Crippen molar-refractivity contribution in [3.05, 3.63) is 29.8 Å². The maximum Gasteiger partial charge on any atom is 0.311 e. The molecule has 5 heteroatoms. The molecule has 20 heavy (non-hydrogen) atoms. The largest absolute Gasteiger partial charge is 0.481 e. The predicted octanol–water partition coefficient (Wildman–Crippen LogP) is 1.57. The van der Waals surface area contributed by atoms with Gasteiger partial charge in [0, 0.05) is 11.7 Å². The van der Waals surface area contributed by atoms with Crippen LogP contribution in [-0.2, 0) is 16.0 Å². The number of carbonyl (C=O) groups is 2. The molecule has 5 nitrogen and oxygen atoms in total. The van der Waals surface area contributed by atoms with Gasteiger partial charge in [-0.2, -0.15) is 0 Å². The smallest absolute Gasteiger partial charge is 0.311 e. The number of nitrogens with one attached hydrogen (secondary N) is 1. The van der Waals surface area contributed by atoms with E-state index in [0.717, 1.165) is 18.4 Å². The average molecular weight is 276 g/mol. The van der Waals surface area contributed by atoms with Gasteiger partial charge in [-0.05, 0) is 37.5 Å². The first kappa shape index (κ1) is 14.4. The molecule has 2 rings (SSSR count). The van der Waals surface area contributed by atoms with Gasteiger partial charge in [0.2, 0.25) is 5.91 Å². The second-order valence-corrected chi connectivity index (χ2v) is 5.65. The molecule has 1 fully saturated rings. The highest BCUT2D eigenvalue weighted by Gasteiger charge is 2.45. The Morgan fingerprint density at radius 1 is 1.40 bits per heavy atom. The van der Waals surface area contributed by atoms with Gasteiger partial charge >= 0.3 is 5.97 Å². The number of nitrogen functional groups attached to an aromatic ring is 1. The molecule has 1 amide bonds. The third kappa shape index (κ3) is 2.92. The zero-order valence-electron chi connectivity index (χ0n) is 11.6. The first-order valence-electron chi connectivity index (χ1n) is 6.79. The van der Waals surface area contributed by atoms with Gasteiger partial charge in [-0.3, -0.25) is 9.59 Å². The number of carboxylic acids is 1. The summed E-state index contributed by atoms with van der Waals surface area (Å²) in [7, 11) is 0. The maximum absolute atomic E-state index is 12.0.